The Balaban J connectivity index is 1.82. The van der Waals surface area contributed by atoms with Crippen LogP contribution in [0.25, 0.3) is 10.9 Å². The first-order valence-corrected chi connectivity index (χ1v) is 6.54. The maximum Gasteiger partial charge on any atom is 0.270 e. The molecule has 0 bridgehead atoms. The number of tetrazole rings is 1. The van der Waals surface area contributed by atoms with E-state index in [9.17, 15) is 4.79 Å². The van der Waals surface area contributed by atoms with E-state index in [4.69, 9.17) is 0 Å². The van der Waals surface area contributed by atoms with Gasteiger partial charge in [0.05, 0.1) is 11.6 Å². The quantitative estimate of drug-likeness (QED) is 0.781. The van der Waals surface area contributed by atoms with Crippen molar-refractivity contribution in [3.05, 3.63) is 47.9 Å². The first-order chi connectivity index (χ1) is 10.1. The summed E-state index contributed by atoms with van der Waals surface area (Å²) in [5, 5.41) is 15.0. The summed E-state index contributed by atoms with van der Waals surface area (Å²) < 4.78 is 1.53. The van der Waals surface area contributed by atoms with Gasteiger partial charge in [-0.3, -0.25) is 4.79 Å². The number of nitrogens with one attached hydrogen (secondary N) is 1. The zero-order valence-corrected chi connectivity index (χ0v) is 11.7. The van der Waals surface area contributed by atoms with Crippen LogP contribution in [-0.4, -0.2) is 31.1 Å². The standard InChI is InChI=1S/C14H14N6O/c1-9(13-17-18-19-20(13)2)15-14(21)12-8-7-10-5-3-4-6-11(10)16-12/h3-9H,1-2H3,(H,15,21)/t9-/m1/s1. The molecule has 0 aliphatic rings. The molecule has 0 radical (unpaired) electrons. The number of aryl methyl sites for hydroxylation is 1. The molecule has 21 heavy (non-hydrogen) atoms. The minimum atomic E-state index is -0.300. The molecule has 3 aromatic rings. The van der Waals surface area contributed by atoms with E-state index in [1.807, 2.05) is 37.3 Å². The Morgan fingerprint density at radius 1 is 1.24 bits per heavy atom. The summed E-state index contributed by atoms with van der Waals surface area (Å²) in [6.07, 6.45) is 0. The Hall–Kier alpha value is -2.83. The lowest BCUT2D eigenvalue weighted by molar-refractivity contribution is 0.0933. The minimum Gasteiger partial charge on any atom is -0.341 e. The molecule has 0 aliphatic heterocycles. The van der Waals surface area contributed by atoms with Gasteiger partial charge in [-0.15, -0.1) is 5.10 Å². The van der Waals surface area contributed by atoms with Crippen molar-refractivity contribution in [1.29, 1.82) is 0 Å². The van der Waals surface area contributed by atoms with Gasteiger partial charge in [0.1, 0.15) is 5.69 Å². The van der Waals surface area contributed by atoms with Gasteiger partial charge < -0.3 is 5.32 Å². The molecule has 106 valence electrons. The molecule has 7 nitrogen and oxygen atoms in total. The molecule has 1 atom stereocenters. The second kappa shape index (κ2) is 5.28. The summed E-state index contributed by atoms with van der Waals surface area (Å²) in [6, 6.07) is 11.0. The predicted molar refractivity (Wildman–Crippen MR) is 76.4 cm³/mol. The van der Waals surface area contributed by atoms with Crippen LogP contribution >= 0.6 is 0 Å². The topological polar surface area (TPSA) is 85.6 Å². The van der Waals surface area contributed by atoms with Gasteiger partial charge in [-0.05, 0) is 29.5 Å². The monoisotopic (exact) mass is 282 g/mol. The third kappa shape index (κ3) is 2.58. The molecule has 0 unspecified atom stereocenters. The van der Waals surface area contributed by atoms with Crippen molar-refractivity contribution >= 4 is 16.8 Å². The van der Waals surface area contributed by atoms with E-state index in [1.54, 1.807) is 13.1 Å². The van der Waals surface area contributed by atoms with Gasteiger partial charge in [-0.1, -0.05) is 24.3 Å². The number of aromatic nitrogens is 5. The Bertz CT molecular complexity index is 797. The Kier molecular flexibility index (Phi) is 3.31. The van der Waals surface area contributed by atoms with Crippen molar-refractivity contribution < 1.29 is 4.79 Å². The fraction of sp³-hybridized carbons (Fsp3) is 0.214. The molecule has 0 fully saturated rings. The molecule has 0 saturated heterocycles. The van der Waals surface area contributed by atoms with Crippen LogP contribution in [0.2, 0.25) is 0 Å². The van der Waals surface area contributed by atoms with E-state index >= 15 is 0 Å². The Labute approximate surface area is 121 Å². The van der Waals surface area contributed by atoms with E-state index in [0.717, 1.165) is 10.9 Å². The van der Waals surface area contributed by atoms with Gasteiger partial charge in [-0.2, -0.15) is 0 Å². The number of hydrogen-bond acceptors (Lipinski definition) is 5. The van der Waals surface area contributed by atoms with Gasteiger partial charge in [0, 0.05) is 12.4 Å². The average molecular weight is 282 g/mol. The number of amides is 1. The number of para-hydroxylation sites is 1. The van der Waals surface area contributed by atoms with Crippen LogP contribution < -0.4 is 5.32 Å². The van der Waals surface area contributed by atoms with Crippen LogP contribution in [-0.2, 0) is 7.05 Å². The van der Waals surface area contributed by atoms with Gasteiger partial charge in [-0.25, -0.2) is 9.67 Å². The maximum absolute atomic E-state index is 12.3. The molecular formula is C14H14N6O. The van der Waals surface area contributed by atoms with Crippen LogP contribution in [0.5, 0.6) is 0 Å². The second-order valence-electron chi connectivity index (χ2n) is 4.75. The van der Waals surface area contributed by atoms with Crippen LogP contribution in [0.1, 0.15) is 29.3 Å². The molecular weight excluding hydrogens is 268 g/mol. The van der Waals surface area contributed by atoms with Crippen LogP contribution in [0.15, 0.2) is 36.4 Å². The fourth-order valence-corrected chi connectivity index (χ4v) is 2.13. The lowest BCUT2D eigenvalue weighted by atomic mass is 10.2. The summed E-state index contributed by atoms with van der Waals surface area (Å²) >= 11 is 0. The summed E-state index contributed by atoms with van der Waals surface area (Å²) in [4.78, 5) is 16.6. The molecule has 1 N–H and O–H groups in total. The normalized spacial score (nSPS) is 12.3. The number of pyridine rings is 1. The van der Waals surface area contributed by atoms with Crippen LogP contribution in [0, 0.1) is 0 Å². The van der Waals surface area contributed by atoms with Crippen LogP contribution in [0.4, 0.5) is 0 Å². The number of fused-ring (bicyclic) bond motifs is 1. The molecule has 0 aliphatic carbocycles. The first-order valence-electron chi connectivity index (χ1n) is 6.54. The number of carbonyl (C=O) groups excluding carboxylic acids is 1. The Morgan fingerprint density at radius 3 is 2.81 bits per heavy atom. The third-order valence-corrected chi connectivity index (χ3v) is 3.22. The lowest BCUT2D eigenvalue weighted by Crippen LogP contribution is -2.29. The van der Waals surface area contributed by atoms with E-state index in [1.165, 1.54) is 4.68 Å². The highest BCUT2D eigenvalue weighted by molar-refractivity contribution is 5.95. The zero-order chi connectivity index (χ0) is 14.8. The summed E-state index contributed by atoms with van der Waals surface area (Å²) in [5.41, 5.74) is 1.16. The summed E-state index contributed by atoms with van der Waals surface area (Å²) in [5.74, 6) is 0.334. The van der Waals surface area contributed by atoms with Crippen molar-refractivity contribution in [2.45, 2.75) is 13.0 Å². The van der Waals surface area contributed by atoms with Crippen molar-refractivity contribution in [1.82, 2.24) is 30.5 Å². The molecule has 1 amide bonds. The average Bonchev–Trinajstić information content (AvgIpc) is 2.93. The van der Waals surface area contributed by atoms with E-state index < -0.39 is 0 Å². The molecule has 3 rings (SSSR count). The van der Waals surface area contributed by atoms with Crippen molar-refractivity contribution in [3.8, 4) is 0 Å². The molecule has 2 heterocycles. The number of nitrogens with zero attached hydrogens (tertiary/aromatic N) is 5. The highest BCUT2D eigenvalue weighted by Crippen LogP contribution is 2.13. The highest BCUT2D eigenvalue weighted by Gasteiger charge is 2.17. The molecule has 1 aromatic carbocycles. The van der Waals surface area contributed by atoms with Crippen molar-refractivity contribution in [2.24, 2.45) is 7.05 Å². The predicted octanol–water partition coefficient (Wildman–Crippen LogP) is 1.25. The Morgan fingerprint density at radius 2 is 2.05 bits per heavy atom. The second-order valence-corrected chi connectivity index (χ2v) is 4.75. The molecule has 2 aromatic heterocycles. The zero-order valence-electron chi connectivity index (χ0n) is 11.7. The highest BCUT2D eigenvalue weighted by atomic mass is 16.1. The lowest BCUT2D eigenvalue weighted by Gasteiger charge is -2.12. The smallest absolute Gasteiger partial charge is 0.270 e. The van der Waals surface area contributed by atoms with Gasteiger partial charge in [0.25, 0.3) is 5.91 Å². The van der Waals surface area contributed by atoms with Gasteiger partial charge in [0.15, 0.2) is 5.82 Å². The van der Waals surface area contributed by atoms with Gasteiger partial charge in [0.2, 0.25) is 0 Å². The SMILES string of the molecule is C[C@@H](NC(=O)c1ccc2ccccc2n1)c1nnnn1C. The van der Waals surface area contributed by atoms with Crippen molar-refractivity contribution in [2.75, 3.05) is 0 Å². The molecule has 0 spiro atoms. The minimum absolute atomic E-state index is 0.253. The maximum atomic E-state index is 12.3. The third-order valence-electron chi connectivity index (χ3n) is 3.22. The first kappa shape index (κ1) is 13.2. The number of carbonyl (C=O) groups is 1. The van der Waals surface area contributed by atoms with E-state index in [0.29, 0.717) is 11.5 Å². The van der Waals surface area contributed by atoms with E-state index in [2.05, 4.69) is 25.8 Å². The molecule has 0 saturated carbocycles. The van der Waals surface area contributed by atoms with Gasteiger partial charge >= 0.3 is 0 Å². The molecule has 7 heteroatoms. The van der Waals surface area contributed by atoms with Crippen LogP contribution in [0.3, 0.4) is 0 Å². The number of hydrogen-bond donors (Lipinski definition) is 1. The van der Waals surface area contributed by atoms with E-state index in [-0.39, 0.29) is 11.9 Å². The number of benzene rings is 1. The number of rotatable bonds is 3. The summed E-state index contributed by atoms with van der Waals surface area (Å²) in [6.45, 7) is 1.82. The summed E-state index contributed by atoms with van der Waals surface area (Å²) in [7, 11) is 1.73. The fourth-order valence-electron chi connectivity index (χ4n) is 2.13. The van der Waals surface area contributed by atoms with Crippen molar-refractivity contribution in [3.63, 3.8) is 0 Å². The largest absolute Gasteiger partial charge is 0.341 e.